The molecule has 1 aromatic carbocycles. The predicted octanol–water partition coefficient (Wildman–Crippen LogP) is 3.80. The van der Waals surface area contributed by atoms with E-state index in [-0.39, 0.29) is 12.0 Å². The lowest BCUT2D eigenvalue weighted by Crippen LogP contribution is -2.31. The van der Waals surface area contributed by atoms with Gasteiger partial charge >= 0.3 is 0 Å². The summed E-state index contributed by atoms with van der Waals surface area (Å²) in [5.41, 5.74) is 4.69. The standard InChI is InChI=1S/C25H27N5O2/c1-17-14-18(2)27-23-22(17)24(29-11-3-4-12-29)28-30(23)16-19-7-9-20(10-8-19)25(31)26-15-21-6-5-13-32-21/h3-4,7-12,14,21H,5-6,13,15-16H2,1-2H3,(H,26,31)/t21-/m1/s1. The summed E-state index contributed by atoms with van der Waals surface area (Å²) in [7, 11) is 0. The van der Waals surface area contributed by atoms with E-state index < -0.39 is 0 Å². The highest BCUT2D eigenvalue weighted by Gasteiger charge is 2.18. The Hall–Kier alpha value is -3.45. The van der Waals surface area contributed by atoms with Crippen molar-refractivity contribution >= 4 is 16.9 Å². The van der Waals surface area contributed by atoms with E-state index >= 15 is 0 Å². The van der Waals surface area contributed by atoms with E-state index in [2.05, 4.69) is 18.3 Å². The van der Waals surface area contributed by atoms with Crippen molar-refractivity contribution in [3.63, 3.8) is 0 Å². The molecular weight excluding hydrogens is 402 g/mol. The molecule has 0 radical (unpaired) electrons. The first-order valence-corrected chi connectivity index (χ1v) is 11.1. The van der Waals surface area contributed by atoms with Crippen LogP contribution in [0.5, 0.6) is 0 Å². The molecule has 1 amide bonds. The molecule has 32 heavy (non-hydrogen) atoms. The summed E-state index contributed by atoms with van der Waals surface area (Å²) >= 11 is 0. The average molecular weight is 430 g/mol. The molecule has 1 atom stereocenters. The number of carbonyl (C=O) groups excluding carboxylic acids is 1. The number of ether oxygens (including phenoxy) is 1. The third kappa shape index (κ3) is 4.03. The normalized spacial score (nSPS) is 16.0. The second-order valence-electron chi connectivity index (χ2n) is 8.39. The van der Waals surface area contributed by atoms with E-state index in [9.17, 15) is 4.79 Å². The molecule has 1 N–H and O–H groups in total. The minimum atomic E-state index is -0.0700. The van der Waals surface area contributed by atoms with Crippen LogP contribution >= 0.6 is 0 Å². The largest absolute Gasteiger partial charge is 0.376 e. The Kier molecular flexibility index (Phi) is 5.49. The molecular formula is C25H27N5O2. The Labute approximate surface area is 187 Å². The zero-order valence-corrected chi connectivity index (χ0v) is 18.4. The van der Waals surface area contributed by atoms with Gasteiger partial charge in [-0.2, -0.15) is 5.10 Å². The van der Waals surface area contributed by atoms with Crippen molar-refractivity contribution in [3.8, 4) is 5.82 Å². The van der Waals surface area contributed by atoms with Gasteiger partial charge in [-0.25, -0.2) is 9.67 Å². The van der Waals surface area contributed by atoms with Crippen LogP contribution in [0, 0.1) is 13.8 Å². The van der Waals surface area contributed by atoms with Crippen molar-refractivity contribution in [1.82, 2.24) is 24.6 Å². The third-order valence-corrected chi connectivity index (χ3v) is 5.92. The highest BCUT2D eigenvalue weighted by molar-refractivity contribution is 5.94. The fourth-order valence-electron chi connectivity index (χ4n) is 4.31. The van der Waals surface area contributed by atoms with Crippen LogP contribution in [0.1, 0.15) is 40.0 Å². The first kappa shape index (κ1) is 20.5. The molecule has 1 fully saturated rings. The second-order valence-corrected chi connectivity index (χ2v) is 8.39. The zero-order chi connectivity index (χ0) is 22.1. The van der Waals surface area contributed by atoms with Crippen molar-refractivity contribution in [3.05, 3.63) is 77.2 Å². The number of nitrogens with zero attached hydrogens (tertiary/aromatic N) is 4. The number of hydrogen-bond acceptors (Lipinski definition) is 4. The topological polar surface area (TPSA) is 74.0 Å². The number of carbonyl (C=O) groups is 1. The zero-order valence-electron chi connectivity index (χ0n) is 18.4. The first-order chi connectivity index (χ1) is 15.6. The Morgan fingerprint density at radius 3 is 2.69 bits per heavy atom. The second kappa shape index (κ2) is 8.59. The van der Waals surface area contributed by atoms with Crippen LogP contribution in [0.4, 0.5) is 0 Å². The molecule has 1 saturated heterocycles. The van der Waals surface area contributed by atoms with E-state index in [1.807, 2.05) is 65.0 Å². The van der Waals surface area contributed by atoms with Gasteiger partial charge in [0.15, 0.2) is 11.5 Å². The number of rotatable bonds is 6. The van der Waals surface area contributed by atoms with Crippen LogP contribution in [-0.2, 0) is 11.3 Å². The maximum absolute atomic E-state index is 12.5. The lowest BCUT2D eigenvalue weighted by Gasteiger charge is -2.11. The van der Waals surface area contributed by atoms with Gasteiger partial charge in [0.05, 0.1) is 18.0 Å². The van der Waals surface area contributed by atoms with Gasteiger partial charge in [0, 0.05) is 36.8 Å². The molecule has 0 saturated carbocycles. The summed E-state index contributed by atoms with van der Waals surface area (Å²) in [6.45, 7) is 6.03. The maximum atomic E-state index is 12.5. The molecule has 1 aliphatic heterocycles. The van der Waals surface area contributed by atoms with Crippen molar-refractivity contribution in [2.24, 2.45) is 0 Å². The molecule has 0 spiro atoms. The number of nitrogens with one attached hydrogen (secondary N) is 1. The molecule has 1 aliphatic rings. The van der Waals surface area contributed by atoms with E-state index in [1.165, 1.54) is 0 Å². The lowest BCUT2D eigenvalue weighted by atomic mass is 10.1. The lowest BCUT2D eigenvalue weighted by molar-refractivity contribution is 0.0858. The van der Waals surface area contributed by atoms with Crippen LogP contribution in [-0.4, -0.2) is 44.5 Å². The summed E-state index contributed by atoms with van der Waals surface area (Å²) in [6.07, 6.45) is 6.21. The van der Waals surface area contributed by atoms with Gasteiger partial charge in [-0.05, 0) is 68.1 Å². The van der Waals surface area contributed by atoms with Crippen LogP contribution in [0.25, 0.3) is 16.9 Å². The van der Waals surface area contributed by atoms with Gasteiger partial charge < -0.3 is 14.6 Å². The van der Waals surface area contributed by atoms with Gasteiger partial charge in [-0.1, -0.05) is 12.1 Å². The third-order valence-electron chi connectivity index (χ3n) is 5.92. The Balaban J connectivity index is 1.38. The smallest absolute Gasteiger partial charge is 0.251 e. The minimum Gasteiger partial charge on any atom is -0.376 e. The summed E-state index contributed by atoms with van der Waals surface area (Å²) in [4.78, 5) is 17.2. The fraction of sp³-hybridized carbons (Fsp3) is 0.320. The first-order valence-electron chi connectivity index (χ1n) is 11.1. The molecule has 5 rings (SSSR count). The van der Waals surface area contributed by atoms with Crippen molar-refractivity contribution < 1.29 is 9.53 Å². The van der Waals surface area contributed by atoms with E-state index in [0.717, 1.165) is 53.1 Å². The molecule has 3 aromatic heterocycles. The van der Waals surface area contributed by atoms with Crippen molar-refractivity contribution in [1.29, 1.82) is 0 Å². The maximum Gasteiger partial charge on any atom is 0.251 e. The summed E-state index contributed by atoms with van der Waals surface area (Å²) in [6, 6.07) is 13.8. The minimum absolute atomic E-state index is 0.0700. The number of benzene rings is 1. The van der Waals surface area contributed by atoms with Crippen molar-refractivity contribution in [2.45, 2.75) is 39.3 Å². The van der Waals surface area contributed by atoms with Crippen LogP contribution in [0.2, 0.25) is 0 Å². The number of aryl methyl sites for hydroxylation is 2. The fourth-order valence-corrected chi connectivity index (χ4v) is 4.31. The van der Waals surface area contributed by atoms with Crippen LogP contribution in [0.3, 0.4) is 0 Å². The predicted molar refractivity (Wildman–Crippen MR) is 123 cm³/mol. The summed E-state index contributed by atoms with van der Waals surface area (Å²) < 4.78 is 9.53. The highest BCUT2D eigenvalue weighted by Crippen LogP contribution is 2.26. The van der Waals surface area contributed by atoms with Gasteiger partial charge in [0.25, 0.3) is 5.91 Å². The quantitative estimate of drug-likeness (QED) is 0.506. The molecule has 0 bridgehead atoms. The van der Waals surface area contributed by atoms with Gasteiger partial charge in [0.2, 0.25) is 0 Å². The number of hydrogen-bond donors (Lipinski definition) is 1. The van der Waals surface area contributed by atoms with Gasteiger partial charge in [0.1, 0.15) is 0 Å². The van der Waals surface area contributed by atoms with Crippen LogP contribution < -0.4 is 5.32 Å². The summed E-state index contributed by atoms with van der Waals surface area (Å²) in [5, 5.41) is 8.91. The Morgan fingerprint density at radius 1 is 1.19 bits per heavy atom. The molecule has 7 heteroatoms. The number of fused-ring (bicyclic) bond motifs is 1. The van der Waals surface area contributed by atoms with Crippen molar-refractivity contribution in [2.75, 3.05) is 13.2 Å². The molecule has 4 heterocycles. The SMILES string of the molecule is Cc1cc(C)c2c(-n3cccc3)nn(Cc3ccc(C(=O)NC[C@H]4CCCO4)cc3)c2n1. The molecule has 164 valence electrons. The molecule has 0 aliphatic carbocycles. The van der Waals surface area contributed by atoms with Gasteiger partial charge in [-0.15, -0.1) is 0 Å². The van der Waals surface area contributed by atoms with E-state index in [4.69, 9.17) is 14.8 Å². The Bertz CT molecular complexity index is 1240. The van der Waals surface area contributed by atoms with E-state index in [0.29, 0.717) is 18.7 Å². The molecule has 7 nitrogen and oxygen atoms in total. The van der Waals surface area contributed by atoms with Crippen LogP contribution in [0.15, 0.2) is 54.9 Å². The highest BCUT2D eigenvalue weighted by atomic mass is 16.5. The number of amides is 1. The molecule has 4 aromatic rings. The number of aromatic nitrogens is 4. The average Bonchev–Trinajstić information content (AvgIpc) is 3.54. The number of pyridine rings is 1. The summed E-state index contributed by atoms with van der Waals surface area (Å²) in [5.74, 6) is 0.805. The Morgan fingerprint density at radius 2 is 1.97 bits per heavy atom. The van der Waals surface area contributed by atoms with E-state index in [1.54, 1.807) is 0 Å². The van der Waals surface area contributed by atoms with Gasteiger partial charge in [-0.3, -0.25) is 4.79 Å². The monoisotopic (exact) mass is 429 g/mol. The molecule has 0 unspecified atom stereocenters.